The highest BCUT2D eigenvalue weighted by Gasteiger charge is 2.17. The number of hydrogen-bond donors (Lipinski definition) is 2. The number of likely N-dealkylation sites (N-methyl/N-ethyl adjacent to an activating group) is 1. The smallest absolute Gasteiger partial charge is 0.266 e. The Morgan fingerprint density at radius 1 is 1.07 bits per heavy atom. The average molecular weight is 414 g/mol. The highest BCUT2D eigenvalue weighted by molar-refractivity contribution is 7.99. The van der Waals surface area contributed by atoms with Gasteiger partial charge in [-0.3, -0.25) is 19.0 Å². The van der Waals surface area contributed by atoms with Crippen LogP contribution in [0.1, 0.15) is 6.92 Å². The molecule has 2 N–H and O–H groups in total. The first-order valence-electron chi connectivity index (χ1n) is 8.94. The van der Waals surface area contributed by atoms with Crippen LogP contribution in [0.4, 0.5) is 4.39 Å². The van der Waals surface area contributed by atoms with Crippen molar-refractivity contribution in [3.05, 3.63) is 64.7 Å². The minimum atomic E-state index is -0.575. The highest BCUT2D eigenvalue weighted by atomic mass is 32.2. The van der Waals surface area contributed by atoms with Crippen LogP contribution in [0.15, 0.2) is 58.5 Å². The number of benzene rings is 2. The number of nitrogens with one attached hydrogen (secondary N) is 2. The highest BCUT2D eigenvalue weighted by Crippen LogP contribution is 2.22. The molecular formula is C20H19FN4O3S. The Labute approximate surface area is 170 Å². The molecule has 7 nitrogen and oxygen atoms in total. The number of halogens is 1. The van der Waals surface area contributed by atoms with E-state index in [1.807, 2.05) is 0 Å². The molecule has 0 radical (unpaired) electrons. The molecule has 0 aliphatic carbocycles. The summed E-state index contributed by atoms with van der Waals surface area (Å²) in [5, 5.41) is 5.61. The number of hydrogen-bond acceptors (Lipinski definition) is 5. The van der Waals surface area contributed by atoms with Crippen molar-refractivity contribution in [2.24, 2.45) is 0 Å². The molecular weight excluding hydrogens is 395 g/mol. The van der Waals surface area contributed by atoms with Crippen molar-refractivity contribution in [1.29, 1.82) is 0 Å². The van der Waals surface area contributed by atoms with E-state index in [0.29, 0.717) is 17.4 Å². The molecule has 0 unspecified atom stereocenters. The zero-order valence-electron chi connectivity index (χ0n) is 15.6. The summed E-state index contributed by atoms with van der Waals surface area (Å²) in [5.41, 5.74) is 0.0854. The first kappa shape index (κ1) is 20.5. The maximum atomic E-state index is 14.4. The fraction of sp³-hybridized carbons (Fsp3) is 0.200. The van der Waals surface area contributed by atoms with E-state index < -0.39 is 17.3 Å². The molecule has 0 aliphatic heterocycles. The van der Waals surface area contributed by atoms with E-state index in [1.165, 1.54) is 22.8 Å². The lowest BCUT2D eigenvalue weighted by Gasteiger charge is -2.13. The molecule has 9 heteroatoms. The van der Waals surface area contributed by atoms with Gasteiger partial charge in [-0.2, -0.15) is 0 Å². The van der Waals surface area contributed by atoms with E-state index in [4.69, 9.17) is 0 Å². The van der Waals surface area contributed by atoms with Crippen LogP contribution in [-0.4, -0.2) is 40.2 Å². The third kappa shape index (κ3) is 4.80. The first-order valence-corrected chi connectivity index (χ1v) is 9.92. The van der Waals surface area contributed by atoms with Gasteiger partial charge in [-0.1, -0.05) is 36.0 Å². The average Bonchev–Trinajstić information content (AvgIpc) is 2.72. The summed E-state index contributed by atoms with van der Waals surface area (Å²) in [4.78, 5) is 41.0. The Morgan fingerprint density at radius 2 is 1.79 bits per heavy atom. The van der Waals surface area contributed by atoms with Crippen molar-refractivity contribution < 1.29 is 14.0 Å². The van der Waals surface area contributed by atoms with Crippen LogP contribution in [0, 0.1) is 5.82 Å². The molecule has 1 aromatic heterocycles. The van der Waals surface area contributed by atoms with Gasteiger partial charge in [-0.15, -0.1) is 0 Å². The number of thioether (sulfide) groups is 1. The Hall–Kier alpha value is -3.20. The Balaban J connectivity index is 1.91. The van der Waals surface area contributed by atoms with Crippen molar-refractivity contribution in [3.63, 3.8) is 0 Å². The van der Waals surface area contributed by atoms with E-state index in [1.54, 1.807) is 37.3 Å². The van der Waals surface area contributed by atoms with E-state index in [2.05, 4.69) is 15.6 Å². The van der Waals surface area contributed by atoms with Gasteiger partial charge in [0, 0.05) is 6.54 Å². The van der Waals surface area contributed by atoms with Crippen molar-refractivity contribution in [3.8, 4) is 5.69 Å². The molecule has 3 rings (SSSR count). The monoisotopic (exact) mass is 414 g/mol. The van der Waals surface area contributed by atoms with Crippen LogP contribution >= 0.6 is 11.8 Å². The molecule has 0 saturated carbocycles. The number of carbonyl (C=O) groups excluding carboxylic acids is 2. The van der Waals surface area contributed by atoms with Crippen molar-refractivity contribution >= 4 is 34.5 Å². The minimum Gasteiger partial charge on any atom is -0.355 e. The molecule has 150 valence electrons. The molecule has 2 aromatic carbocycles. The summed E-state index contributed by atoms with van der Waals surface area (Å²) in [6.07, 6.45) is 0. The number of amides is 2. The van der Waals surface area contributed by atoms with E-state index in [0.717, 1.165) is 11.8 Å². The first-order chi connectivity index (χ1) is 14.0. The number of fused-ring (bicyclic) bond motifs is 1. The molecule has 0 fully saturated rings. The fourth-order valence-corrected chi connectivity index (χ4v) is 3.51. The van der Waals surface area contributed by atoms with Crippen molar-refractivity contribution in [2.75, 3.05) is 18.8 Å². The standard InChI is InChI=1S/C20H19FN4O3S/c1-2-22-17(26)11-23-18(27)12-29-20-24-15-9-5-3-7-13(15)19(28)25(20)16-10-6-4-8-14(16)21/h3-10H,2,11-12H2,1H3,(H,22,26)(H,23,27). The Kier molecular flexibility index (Phi) is 6.61. The summed E-state index contributed by atoms with van der Waals surface area (Å²) in [5.74, 6) is -1.35. The predicted molar refractivity (Wildman–Crippen MR) is 110 cm³/mol. The summed E-state index contributed by atoms with van der Waals surface area (Å²) < 4.78 is 15.6. The van der Waals surface area contributed by atoms with E-state index >= 15 is 0 Å². The van der Waals surface area contributed by atoms with Gasteiger partial charge in [0.1, 0.15) is 5.82 Å². The molecule has 0 atom stereocenters. The molecule has 29 heavy (non-hydrogen) atoms. The number of aromatic nitrogens is 2. The number of para-hydroxylation sites is 2. The summed E-state index contributed by atoms with van der Waals surface area (Å²) in [6, 6.07) is 12.6. The molecule has 0 spiro atoms. The van der Waals surface area contributed by atoms with Crippen molar-refractivity contribution in [2.45, 2.75) is 12.1 Å². The maximum Gasteiger partial charge on any atom is 0.266 e. The van der Waals surface area contributed by atoms with Gasteiger partial charge in [0.05, 0.1) is 28.9 Å². The second-order valence-corrected chi connectivity index (χ2v) is 6.96. The summed E-state index contributed by atoms with van der Waals surface area (Å²) in [6.45, 7) is 2.11. The van der Waals surface area contributed by atoms with E-state index in [-0.39, 0.29) is 29.0 Å². The van der Waals surface area contributed by atoms with Crippen LogP contribution in [0.2, 0.25) is 0 Å². The fourth-order valence-electron chi connectivity index (χ4n) is 2.67. The third-order valence-electron chi connectivity index (χ3n) is 3.99. The van der Waals surface area contributed by atoms with Gasteiger partial charge in [0.2, 0.25) is 11.8 Å². The lowest BCUT2D eigenvalue weighted by atomic mass is 10.2. The van der Waals surface area contributed by atoms with Gasteiger partial charge in [-0.25, -0.2) is 9.37 Å². The molecule has 0 aliphatic rings. The summed E-state index contributed by atoms with van der Waals surface area (Å²) >= 11 is 0.994. The third-order valence-corrected chi connectivity index (χ3v) is 4.93. The predicted octanol–water partition coefficient (Wildman–Crippen LogP) is 1.87. The number of nitrogens with zero attached hydrogens (tertiary/aromatic N) is 2. The normalized spacial score (nSPS) is 10.7. The number of carbonyl (C=O) groups is 2. The maximum absolute atomic E-state index is 14.4. The second kappa shape index (κ2) is 9.33. The largest absolute Gasteiger partial charge is 0.355 e. The van der Waals surface area contributed by atoms with Gasteiger partial charge >= 0.3 is 0 Å². The van der Waals surface area contributed by atoms with Crippen molar-refractivity contribution in [1.82, 2.24) is 20.2 Å². The van der Waals surface area contributed by atoms with Crippen LogP contribution in [0.3, 0.4) is 0 Å². The molecule has 2 amide bonds. The Morgan fingerprint density at radius 3 is 2.55 bits per heavy atom. The molecule has 0 saturated heterocycles. The molecule has 0 bridgehead atoms. The van der Waals surface area contributed by atoms with Gasteiger partial charge in [-0.05, 0) is 31.2 Å². The number of rotatable bonds is 7. The van der Waals surface area contributed by atoms with Gasteiger partial charge in [0.25, 0.3) is 5.56 Å². The molecule has 1 heterocycles. The topological polar surface area (TPSA) is 93.1 Å². The zero-order valence-corrected chi connectivity index (χ0v) is 16.5. The lowest BCUT2D eigenvalue weighted by Crippen LogP contribution is -2.37. The van der Waals surface area contributed by atoms with Crippen LogP contribution in [0.25, 0.3) is 16.6 Å². The van der Waals surface area contributed by atoms with Crippen LogP contribution in [0.5, 0.6) is 0 Å². The zero-order chi connectivity index (χ0) is 20.8. The second-order valence-electron chi connectivity index (χ2n) is 6.02. The minimum absolute atomic E-state index is 0.0565. The quantitative estimate of drug-likeness (QED) is 0.455. The van der Waals surface area contributed by atoms with Crippen LogP contribution in [-0.2, 0) is 9.59 Å². The lowest BCUT2D eigenvalue weighted by molar-refractivity contribution is -0.124. The SMILES string of the molecule is CCNC(=O)CNC(=O)CSc1nc2ccccc2c(=O)n1-c1ccccc1F. The summed E-state index contributed by atoms with van der Waals surface area (Å²) in [7, 11) is 0. The van der Waals surface area contributed by atoms with Gasteiger partial charge in [0.15, 0.2) is 5.16 Å². The molecule has 3 aromatic rings. The van der Waals surface area contributed by atoms with Gasteiger partial charge < -0.3 is 10.6 Å². The Bertz CT molecular complexity index is 1120. The van der Waals surface area contributed by atoms with Crippen LogP contribution < -0.4 is 16.2 Å². The van der Waals surface area contributed by atoms with E-state index in [9.17, 15) is 18.8 Å².